The lowest BCUT2D eigenvalue weighted by molar-refractivity contribution is 0.790. The van der Waals surface area contributed by atoms with Crippen molar-refractivity contribution in [2.45, 2.75) is 11.8 Å². The number of fused-ring (bicyclic) bond motifs is 14. The molecule has 3 aliphatic rings. The van der Waals surface area contributed by atoms with Crippen LogP contribution in [0, 0.1) is 0 Å². The van der Waals surface area contributed by atoms with Gasteiger partial charge in [0.05, 0.1) is 22.3 Å². The molecule has 0 N–H and O–H groups in total. The number of para-hydroxylation sites is 1. The molecule has 0 bridgehead atoms. The van der Waals surface area contributed by atoms with E-state index < -0.39 is 0 Å². The van der Waals surface area contributed by atoms with Crippen LogP contribution in [0.25, 0.3) is 44.4 Å². The Balaban J connectivity index is 1.40. The van der Waals surface area contributed by atoms with Gasteiger partial charge in [-0.3, -0.25) is 9.97 Å². The molecule has 166 valence electrons. The van der Waals surface area contributed by atoms with Crippen molar-refractivity contribution in [3.05, 3.63) is 143 Å². The molecular weight excluding hydrogens is 436 g/mol. The fraction of sp³-hybridized carbons (Fsp3) is 0.0588. The number of rotatable bonds is 0. The summed E-state index contributed by atoms with van der Waals surface area (Å²) in [6.45, 7) is 0. The summed E-state index contributed by atoms with van der Waals surface area (Å²) in [5.41, 5.74) is 16.2. The zero-order chi connectivity index (χ0) is 23.4. The highest BCUT2D eigenvalue weighted by atomic mass is 14.7. The normalized spacial score (nSPS) is 17.4. The minimum absolute atomic E-state index is 0.339. The minimum Gasteiger partial charge on any atom is -0.256 e. The van der Waals surface area contributed by atoms with Crippen LogP contribution in [0.3, 0.4) is 0 Å². The van der Waals surface area contributed by atoms with Gasteiger partial charge in [-0.1, -0.05) is 78.9 Å². The molecule has 2 aromatic heterocycles. The summed E-state index contributed by atoms with van der Waals surface area (Å²) in [5, 5.41) is 1.20. The second-order valence-corrected chi connectivity index (χ2v) is 10.1. The summed E-state index contributed by atoms with van der Waals surface area (Å²) in [6.07, 6.45) is 2.79. The van der Waals surface area contributed by atoms with Gasteiger partial charge in [-0.25, -0.2) is 0 Å². The van der Waals surface area contributed by atoms with Gasteiger partial charge < -0.3 is 0 Å². The molecule has 1 atom stereocenters. The maximum atomic E-state index is 5.07. The maximum Gasteiger partial charge on any atom is 0.0753 e. The summed E-state index contributed by atoms with van der Waals surface area (Å²) < 4.78 is 0. The van der Waals surface area contributed by atoms with Gasteiger partial charge in [-0.05, 0) is 68.8 Å². The van der Waals surface area contributed by atoms with Crippen LogP contribution < -0.4 is 0 Å². The second kappa shape index (κ2) is 6.35. The lowest BCUT2D eigenvalue weighted by atomic mass is 9.70. The molecule has 0 radical (unpaired) electrons. The van der Waals surface area contributed by atoms with E-state index in [4.69, 9.17) is 9.97 Å². The van der Waals surface area contributed by atoms with Gasteiger partial charge in [0.25, 0.3) is 0 Å². The first-order valence-electron chi connectivity index (χ1n) is 12.6. The van der Waals surface area contributed by atoms with Gasteiger partial charge in [-0.15, -0.1) is 0 Å². The number of pyridine rings is 2. The summed E-state index contributed by atoms with van der Waals surface area (Å²) in [7, 11) is 0. The van der Waals surface area contributed by atoms with Crippen LogP contribution in [0.1, 0.15) is 33.5 Å². The number of benzene rings is 4. The predicted octanol–water partition coefficient (Wildman–Crippen LogP) is 7.54. The minimum atomic E-state index is -0.339. The molecule has 0 saturated heterocycles. The van der Waals surface area contributed by atoms with E-state index in [2.05, 4.69) is 103 Å². The summed E-state index contributed by atoms with van der Waals surface area (Å²) >= 11 is 0. The molecule has 4 aromatic carbocycles. The molecular formula is C34H20N2. The van der Waals surface area contributed by atoms with E-state index in [1.165, 1.54) is 66.7 Å². The lowest BCUT2D eigenvalue weighted by Gasteiger charge is -2.30. The van der Waals surface area contributed by atoms with Crippen molar-refractivity contribution < 1.29 is 0 Å². The zero-order valence-electron chi connectivity index (χ0n) is 19.5. The van der Waals surface area contributed by atoms with E-state index >= 15 is 0 Å². The molecule has 2 nitrogen and oxygen atoms in total. The van der Waals surface area contributed by atoms with Crippen molar-refractivity contribution in [3.63, 3.8) is 0 Å². The average molecular weight is 457 g/mol. The van der Waals surface area contributed by atoms with Crippen molar-refractivity contribution in [1.82, 2.24) is 9.97 Å². The van der Waals surface area contributed by atoms with Gasteiger partial charge in [0.1, 0.15) is 0 Å². The number of hydrogen-bond acceptors (Lipinski definition) is 2. The first-order chi connectivity index (χ1) is 17.8. The quantitative estimate of drug-likeness (QED) is 0.235. The molecule has 2 heteroatoms. The molecule has 3 aliphatic carbocycles. The standard InChI is InChI=1S/C34H20N2/c1-6-14-31-20(8-1)16-26-24-19-25-22-9-2-4-11-27(22)34(30(25)17-21(24)18-32(26)36-31)28-12-5-3-10-23(28)33-29(34)13-7-15-35-33/h1-17,19H,18H2. The molecule has 6 aromatic rings. The monoisotopic (exact) mass is 456 g/mol. The Bertz CT molecular complexity index is 1890. The number of hydrogen-bond donors (Lipinski definition) is 0. The third-order valence-corrected chi connectivity index (χ3v) is 8.52. The highest BCUT2D eigenvalue weighted by Crippen LogP contribution is 2.63. The largest absolute Gasteiger partial charge is 0.256 e. The Kier molecular flexibility index (Phi) is 3.31. The highest BCUT2D eigenvalue weighted by molar-refractivity contribution is 5.97. The van der Waals surface area contributed by atoms with Crippen LogP contribution in [0.4, 0.5) is 0 Å². The van der Waals surface area contributed by atoms with Crippen LogP contribution in [0.5, 0.6) is 0 Å². The first kappa shape index (κ1) is 18.7. The average Bonchev–Trinajstić information content (AvgIpc) is 3.54. The molecule has 0 saturated carbocycles. The van der Waals surface area contributed by atoms with Crippen molar-refractivity contribution in [2.24, 2.45) is 0 Å². The third kappa shape index (κ3) is 2.06. The third-order valence-electron chi connectivity index (χ3n) is 8.52. The van der Waals surface area contributed by atoms with Crippen molar-refractivity contribution in [3.8, 4) is 33.5 Å². The van der Waals surface area contributed by atoms with Crippen LogP contribution in [-0.2, 0) is 11.8 Å². The predicted molar refractivity (Wildman–Crippen MR) is 144 cm³/mol. The first-order valence-corrected chi connectivity index (χ1v) is 12.6. The fourth-order valence-electron chi connectivity index (χ4n) is 7.13. The van der Waals surface area contributed by atoms with Crippen molar-refractivity contribution >= 4 is 10.9 Å². The fourth-order valence-corrected chi connectivity index (χ4v) is 7.13. The van der Waals surface area contributed by atoms with Gasteiger partial charge in [0.2, 0.25) is 0 Å². The Labute approximate surface area is 208 Å². The molecule has 0 amide bonds. The smallest absolute Gasteiger partial charge is 0.0753 e. The van der Waals surface area contributed by atoms with Crippen LogP contribution in [0.2, 0.25) is 0 Å². The van der Waals surface area contributed by atoms with Gasteiger partial charge in [-0.2, -0.15) is 0 Å². The molecule has 9 rings (SSSR count). The Hall–Kier alpha value is -4.56. The Morgan fingerprint density at radius 3 is 2.22 bits per heavy atom. The zero-order valence-corrected chi connectivity index (χ0v) is 19.5. The van der Waals surface area contributed by atoms with Crippen LogP contribution in [-0.4, -0.2) is 9.97 Å². The second-order valence-electron chi connectivity index (χ2n) is 10.1. The van der Waals surface area contributed by atoms with E-state index in [0.29, 0.717) is 0 Å². The van der Waals surface area contributed by atoms with Crippen LogP contribution in [0.15, 0.2) is 109 Å². The molecule has 1 spiro atoms. The molecule has 0 fully saturated rings. The van der Waals surface area contributed by atoms with Gasteiger partial charge >= 0.3 is 0 Å². The summed E-state index contributed by atoms with van der Waals surface area (Å²) in [6, 6.07) is 37.9. The highest BCUT2D eigenvalue weighted by Gasteiger charge is 2.52. The number of aromatic nitrogens is 2. The number of nitrogens with zero attached hydrogens (tertiary/aromatic N) is 2. The molecule has 0 aliphatic heterocycles. The van der Waals surface area contributed by atoms with E-state index in [0.717, 1.165) is 17.6 Å². The van der Waals surface area contributed by atoms with E-state index in [9.17, 15) is 0 Å². The maximum absolute atomic E-state index is 5.07. The van der Waals surface area contributed by atoms with E-state index in [1.54, 1.807) is 0 Å². The van der Waals surface area contributed by atoms with Crippen LogP contribution >= 0.6 is 0 Å². The summed E-state index contributed by atoms with van der Waals surface area (Å²) in [5.74, 6) is 0. The molecule has 2 heterocycles. The van der Waals surface area contributed by atoms with Gasteiger partial charge in [0.15, 0.2) is 0 Å². The van der Waals surface area contributed by atoms with Crippen molar-refractivity contribution in [2.75, 3.05) is 0 Å². The van der Waals surface area contributed by atoms with Crippen molar-refractivity contribution in [1.29, 1.82) is 0 Å². The SMILES string of the molecule is c1ccc2c(c1)-c1cc3c(cc1C21c2ccccc2-c2ncccc21)Cc1nc2ccccc2cc1-3. The van der Waals surface area contributed by atoms with E-state index in [1.807, 2.05) is 6.20 Å². The Morgan fingerprint density at radius 2 is 1.31 bits per heavy atom. The van der Waals surface area contributed by atoms with Gasteiger partial charge in [0, 0.05) is 29.1 Å². The lowest BCUT2D eigenvalue weighted by Crippen LogP contribution is -2.26. The topological polar surface area (TPSA) is 25.8 Å². The molecule has 1 unspecified atom stereocenters. The molecule has 36 heavy (non-hydrogen) atoms. The Morgan fingerprint density at radius 1 is 0.556 bits per heavy atom. The summed E-state index contributed by atoms with van der Waals surface area (Å²) in [4.78, 5) is 9.96. The van der Waals surface area contributed by atoms with E-state index in [-0.39, 0.29) is 5.41 Å².